The van der Waals surface area contributed by atoms with E-state index >= 15 is 0 Å². The van der Waals surface area contributed by atoms with Crippen LogP contribution in [0.4, 0.5) is 5.95 Å². The molecule has 2 heterocycles. The highest BCUT2D eigenvalue weighted by Gasteiger charge is 2.37. The van der Waals surface area contributed by atoms with Crippen LogP contribution >= 0.6 is 27.7 Å². The fourth-order valence-corrected chi connectivity index (χ4v) is 6.60. The van der Waals surface area contributed by atoms with E-state index in [4.69, 9.17) is 24.3 Å². The summed E-state index contributed by atoms with van der Waals surface area (Å²) < 4.78 is 20.4. The van der Waals surface area contributed by atoms with E-state index in [1.165, 1.54) is 12.0 Å². The van der Waals surface area contributed by atoms with Crippen molar-refractivity contribution in [2.24, 2.45) is 0 Å². The molecular weight excluding hydrogens is 604 g/mol. The van der Waals surface area contributed by atoms with Gasteiger partial charge in [-0.1, -0.05) is 61.9 Å². The Hall–Kier alpha value is -2.98. The molecule has 1 N–H and O–H groups in total. The van der Waals surface area contributed by atoms with Crippen LogP contribution in [0.5, 0.6) is 11.5 Å². The molecule has 10 heteroatoms. The molecule has 41 heavy (non-hydrogen) atoms. The number of anilines is 1. The average Bonchev–Trinajstić information content (AvgIpc) is 3.39. The summed E-state index contributed by atoms with van der Waals surface area (Å²) in [6.07, 6.45) is 7.04. The van der Waals surface area contributed by atoms with E-state index in [1.807, 2.05) is 37.3 Å². The summed E-state index contributed by atoms with van der Waals surface area (Å²) in [5, 5.41) is 8.83. The number of nitrogens with zero attached hydrogens (tertiary/aromatic N) is 3. The average molecular weight is 642 g/mol. The zero-order valence-corrected chi connectivity index (χ0v) is 26.2. The number of unbranched alkanes of at least 4 members (excludes halogenated alkanes) is 1. The van der Waals surface area contributed by atoms with Crippen molar-refractivity contribution in [3.05, 3.63) is 69.3 Å². The van der Waals surface area contributed by atoms with Crippen LogP contribution in [0.1, 0.15) is 76.0 Å². The lowest BCUT2D eigenvalue weighted by Crippen LogP contribution is -2.32. The van der Waals surface area contributed by atoms with Gasteiger partial charge in [-0.15, -0.1) is 5.10 Å². The van der Waals surface area contributed by atoms with Gasteiger partial charge < -0.3 is 19.5 Å². The molecular formula is C31H37BrN4O4S. The summed E-state index contributed by atoms with van der Waals surface area (Å²) in [4.78, 5) is 18.6. The van der Waals surface area contributed by atoms with Gasteiger partial charge in [0.2, 0.25) is 11.1 Å². The molecule has 0 saturated heterocycles. The van der Waals surface area contributed by atoms with Crippen LogP contribution in [0.15, 0.2) is 63.4 Å². The van der Waals surface area contributed by atoms with Gasteiger partial charge in [-0.2, -0.15) is 4.98 Å². The molecule has 8 nitrogen and oxygen atoms in total. The predicted molar refractivity (Wildman–Crippen MR) is 165 cm³/mol. The lowest BCUT2D eigenvalue weighted by Gasteiger charge is -2.30. The van der Waals surface area contributed by atoms with E-state index in [2.05, 4.69) is 40.3 Å². The summed E-state index contributed by atoms with van der Waals surface area (Å²) >= 11 is 5.26. The highest BCUT2D eigenvalue weighted by molar-refractivity contribution is 9.10. The van der Waals surface area contributed by atoms with Gasteiger partial charge >= 0.3 is 5.97 Å². The third-order valence-corrected chi connectivity index (χ3v) is 8.90. The molecule has 5 rings (SSSR count). The first-order chi connectivity index (χ1) is 20.0. The van der Waals surface area contributed by atoms with Crippen molar-refractivity contribution < 1.29 is 19.0 Å². The molecule has 1 fully saturated rings. The van der Waals surface area contributed by atoms with Crippen LogP contribution in [-0.4, -0.2) is 40.6 Å². The fraction of sp³-hybridized carbons (Fsp3) is 0.452. The number of thioether (sulfide) groups is 1. The third kappa shape index (κ3) is 6.92. The maximum absolute atomic E-state index is 13.8. The number of halogens is 1. The van der Waals surface area contributed by atoms with Crippen LogP contribution in [0, 0.1) is 0 Å². The van der Waals surface area contributed by atoms with Gasteiger partial charge in [0.15, 0.2) is 11.5 Å². The number of hydrogen-bond donors (Lipinski definition) is 1. The molecule has 1 unspecified atom stereocenters. The van der Waals surface area contributed by atoms with Gasteiger partial charge in [0.05, 0.1) is 23.8 Å². The molecule has 2 aliphatic rings. The van der Waals surface area contributed by atoms with E-state index in [9.17, 15) is 4.79 Å². The van der Waals surface area contributed by atoms with Gasteiger partial charge in [0.1, 0.15) is 12.1 Å². The molecule has 0 spiro atoms. The number of esters is 1. The summed E-state index contributed by atoms with van der Waals surface area (Å²) in [6.45, 7) is 4.61. The van der Waals surface area contributed by atoms with E-state index in [0.717, 1.165) is 54.3 Å². The number of methoxy groups -OCH3 is 1. The van der Waals surface area contributed by atoms with Crippen molar-refractivity contribution in [3.8, 4) is 11.5 Å². The van der Waals surface area contributed by atoms with E-state index in [0.29, 0.717) is 40.5 Å². The topological polar surface area (TPSA) is 87.5 Å². The van der Waals surface area contributed by atoms with Gasteiger partial charge in [-0.05, 0) is 78.2 Å². The Morgan fingerprint density at radius 2 is 1.95 bits per heavy atom. The second kappa shape index (κ2) is 13.8. The Labute approximate surface area is 254 Å². The SMILES string of the molecule is CCCCOc1c(Br)cc(C2C(C(=O)OC3CCCCC3)=C(C)Nc3nc(SCc4ccccc4)nn32)cc1OC. The number of rotatable bonds is 11. The first kappa shape index (κ1) is 29.5. The van der Waals surface area contributed by atoms with Gasteiger partial charge in [0.25, 0.3) is 0 Å². The highest BCUT2D eigenvalue weighted by atomic mass is 79.9. The minimum atomic E-state index is -0.559. The minimum Gasteiger partial charge on any atom is -0.493 e. The summed E-state index contributed by atoms with van der Waals surface area (Å²) in [5.41, 5.74) is 3.22. The molecule has 0 bridgehead atoms. The van der Waals surface area contributed by atoms with Crippen molar-refractivity contribution in [1.82, 2.24) is 14.8 Å². The van der Waals surface area contributed by atoms with Crippen molar-refractivity contribution in [3.63, 3.8) is 0 Å². The predicted octanol–water partition coefficient (Wildman–Crippen LogP) is 7.69. The maximum atomic E-state index is 13.8. The molecule has 0 amide bonds. The molecule has 1 aliphatic carbocycles. The van der Waals surface area contributed by atoms with Crippen LogP contribution in [0.2, 0.25) is 0 Å². The zero-order valence-electron chi connectivity index (χ0n) is 23.8. The first-order valence-electron chi connectivity index (χ1n) is 14.3. The Morgan fingerprint density at radius 1 is 1.17 bits per heavy atom. The molecule has 1 atom stereocenters. The maximum Gasteiger partial charge on any atom is 0.338 e. The number of nitrogens with one attached hydrogen (secondary N) is 1. The first-order valence-corrected chi connectivity index (χ1v) is 16.1. The van der Waals surface area contributed by atoms with Gasteiger partial charge in [-0.25, -0.2) is 9.48 Å². The van der Waals surface area contributed by atoms with Crippen LogP contribution < -0.4 is 14.8 Å². The molecule has 1 aliphatic heterocycles. The molecule has 3 aromatic rings. The van der Waals surface area contributed by atoms with Crippen molar-refractivity contribution in [1.29, 1.82) is 0 Å². The second-order valence-corrected chi connectivity index (χ2v) is 12.2. The quantitative estimate of drug-likeness (QED) is 0.130. The Balaban J connectivity index is 1.51. The second-order valence-electron chi connectivity index (χ2n) is 10.4. The molecule has 218 valence electrons. The number of hydrogen-bond acceptors (Lipinski definition) is 8. The smallest absolute Gasteiger partial charge is 0.338 e. The number of carbonyl (C=O) groups excluding carboxylic acids is 1. The molecule has 2 aromatic carbocycles. The number of aromatic nitrogens is 3. The summed E-state index contributed by atoms with van der Waals surface area (Å²) in [6, 6.07) is 13.6. The Morgan fingerprint density at radius 3 is 2.68 bits per heavy atom. The van der Waals surface area contributed by atoms with E-state index in [1.54, 1.807) is 23.6 Å². The number of ether oxygens (including phenoxy) is 3. The fourth-order valence-electron chi connectivity index (χ4n) is 5.24. The Kier molecular flexibility index (Phi) is 9.92. The van der Waals surface area contributed by atoms with Crippen LogP contribution in [0.3, 0.4) is 0 Å². The number of benzene rings is 2. The van der Waals surface area contributed by atoms with Crippen molar-refractivity contribution in [2.45, 2.75) is 81.8 Å². The summed E-state index contributed by atoms with van der Waals surface area (Å²) in [7, 11) is 1.62. The normalized spacial score (nSPS) is 17.1. The number of carbonyl (C=O) groups is 1. The lowest BCUT2D eigenvalue weighted by atomic mass is 9.94. The van der Waals surface area contributed by atoms with Gasteiger partial charge in [-0.3, -0.25) is 0 Å². The number of fused-ring (bicyclic) bond motifs is 1. The van der Waals surface area contributed by atoms with E-state index < -0.39 is 6.04 Å². The lowest BCUT2D eigenvalue weighted by molar-refractivity contribution is -0.146. The monoisotopic (exact) mass is 640 g/mol. The standard InChI is InChI=1S/C31H37BrN4O4S/c1-4-5-16-39-28-24(32)17-22(18-25(28)38-3)27-26(29(37)40-23-14-10-7-11-15-23)20(2)33-30-34-31(35-36(27)30)41-19-21-12-8-6-9-13-21/h6,8-9,12-13,17-18,23,27H,4-5,7,10-11,14-16,19H2,1-3H3,(H,33,34,35). The molecule has 1 aromatic heterocycles. The van der Waals surface area contributed by atoms with Gasteiger partial charge in [0, 0.05) is 11.4 Å². The highest BCUT2D eigenvalue weighted by Crippen LogP contribution is 2.43. The number of allylic oxidation sites excluding steroid dienone is 1. The van der Waals surface area contributed by atoms with Crippen LogP contribution in [0.25, 0.3) is 0 Å². The van der Waals surface area contributed by atoms with E-state index in [-0.39, 0.29) is 12.1 Å². The third-order valence-electron chi connectivity index (χ3n) is 7.40. The van der Waals surface area contributed by atoms with Crippen LogP contribution in [-0.2, 0) is 15.3 Å². The summed E-state index contributed by atoms with van der Waals surface area (Å²) in [5.74, 6) is 2.22. The molecule has 1 saturated carbocycles. The minimum absolute atomic E-state index is 0.0676. The zero-order chi connectivity index (χ0) is 28.8. The largest absolute Gasteiger partial charge is 0.493 e. The Bertz CT molecular complexity index is 1390. The molecule has 0 radical (unpaired) electrons. The van der Waals surface area contributed by atoms with Crippen molar-refractivity contribution in [2.75, 3.05) is 19.0 Å². The van der Waals surface area contributed by atoms with Crippen molar-refractivity contribution >= 4 is 39.6 Å².